The summed E-state index contributed by atoms with van der Waals surface area (Å²) in [5, 5.41) is 3.11. The molecule has 0 saturated heterocycles. The predicted octanol–water partition coefficient (Wildman–Crippen LogP) is 5.47. The second kappa shape index (κ2) is 17.0. The minimum Gasteiger partial charge on any atom is -0.488 e. The molecule has 1 heterocycles. The molecule has 15 heteroatoms. The van der Waals surface area contributed by atoms with Gasteiger partial charge in [-0.2, -0.15) is 4.72 Å². The molecule has 1 atom stereocenters. The summed E-state index contributed by atoms with van der Waals surface area (Å²) in [4.78, 5) is 38.8. The van der Waals surface area contributed by atoms with E-state index in [4.69, 9.17) is 25.8 Å². The van der Waals surface area contributed by atoms with Crippen LogP contribution in [-0.4, -0.2) is 57.3 Å². The van der Waals surface area contributed by atoms with Gasteiger partial charge in [0.25, 0.3) is 0 Å². The third-order valence-electron chi connectivity index (χ3n) is 8.11. The molecule has 0 spiro atoms. The first kappa shape index (κ1) is 38.9. The van der Waals surface area contributed by atoms with E-state index in [2.05, 4.69) is 10.0 Å². The van der Waals surface area contributed by atoms with Crippen LogP contribution >= 0.6 is 11.6 Å². The van der Waals surface area contributed by atoms with Gasteiger partial charge >= 0.3 is 5.97 Å². The second-order valence-corrected chi connectivity index (χ2v) is 14.0. The molecular weight excluding hydrogens is 732 g/mol. The lowest BCUT2D eigenvalue weighted by Gasteiger charge is -2.18. The van der Waals surface area contributed by atoms with Gasteiger partial charge in [-0.1, -0.05) is 47.5 Å². The van der Waals surface area contributed by atoms with Gasteiger partial charge < -0.3 is 24.1 Å². The van der Waals surface area contributed by atoms with Crippen LogP contribution in [-0.2, 0) is 37.8 Å². The number of nitrogens with zero attached hydrogens (tertiary/aromatic N) is 1. The third kappa shape index (κ3) is 9.38. The summed E-state index contributed by atoms with van der Waals surface area (Å²) in [6, 6.07) is 19.5. The Hall–Kier alpha value is -5.31. The Bertz CT molecular complexity index is 2320. The standard InChI is InChI=1S/C38H36ClF2N3O8S/c1-4-50-38(47)31(43-53(48,49)26-13-9-23(2)10-14-26)22-42-34(45)20-24-11-16-33(28(39)19-24)51-17-18-52-37-35(25-12-15-29(40)30(41)21-25)44(3)32-8-6-5-7-27(32)36(37)46/h5-16,19,21,31,43H,4,17-18,20,22H2,1-3H3,(H,42,45). The Morgan fingerprint density at radius 2 is 1.64 bits per heavy atom. The summed E-state index contributed by atoms with van der Waals surface area (Å²) >= 11 is 6.44. The van der Waals surface area contributed by atoms with Crippen molar-refractivity contribution in [2.45, 2.75) is 31.2 Å². The number of ether oxygens (including phenoxy) is 3. The number of amides is 1. The van der Waals surface area contributed by atoms with E-state index in [0.29, 0.717) is 16.5 Å². The van der Waals surface area contributed by atoms with Crippen molar-refractivity contribution in [3.8, 4) is 22.8 Å². The van der Waals surface area contributed by atoms with Crippen molar-refractivity contribution >= 4 is 44.4 Å². The summed E-state index contributed by atoms with van der Waals surface area (Å²) in [6.45, 7) is 2.86. The normalized spacial score (nSPS) is 12.0. The van der Waals surface area contributed by atoms with Gasteiger partial charge in [-0.3, -0.25) is 14.4 Å². The fourth-order valence-corrected chi connectivity index (χ4v) is 6.92. The zero-order valence-electron chi connectivity index (χ0n) is 29.0. The molecule has 5 rings (SSSR count). The molecule has 0 radical (unpaired) electrons. The summed E-state index contributed by atoms with van der Waals surface area (Å²) in [6.07, 6.45) is -0.151. The molecule has 0 aliphatic carbocycles. The number of hydrogen-bond donors (Lipinski definition) is 2. The Balaban J connectivity index is 1.21. The lowest BCUT2D eigenvalue weighted by molar-refractivity contribution is -0.145. The van der Waals surface area contributed by atoms with Gasteiger partial charge in [0.2, 0.25) is 21.4 Å². The SMILES string of the molecule is CCOC(=O)C(CNC(=O)Cc1ccc(OCCOc2c(-c3ccc(F)c(F)c3)n(C)c3ccccc3c2=O)c(Cl)c1)NS(=O)(=O)c1ccc(C)cc1. The number of halogens is 3. The highest BCUT2D eigenvalue weighted by Crippen LogP contribution is 2.32. The molecule has 53 heavy (non-hydrogen) atoms. The Kier molecular flexibility index (Phi) is 12.5. The molecule has 1 aromatic heterocycles. The number of para-hydroxylation sites is 1. The minimum absolute atomic E-state index is 0.00863. The first-order valence-corrected chi connectivity index (χ1v) is 18.3. The van der Waals surface area contributed by atoms with Crippen LogP contribution in [0.1, 0.15) is 18.1 Å². The molecule has 5 aromatic rings. The Morgan fingerprint density at radius 3 is 2.34 bits per heavy atom. The van der Waals surface area contributed by atoms with Gasteiger partial charge in [-0.25, -0.2) is 17.2 Å². The number of aryl methyl sites for hydroxylation is 2. The van der Waals surface area contributed by atoms with Crippen molar-refractivity contribution in [1.29, 1.82) is 0 Å². The van der Waals surface area contributed by atoms with E-state index in [1.54, 1.807) is 67.1 Å². The highest BCUT2D eigenvalue weighted by atomic mass is 35.5. The molecule has 0 saturated carbocycles. The number of hydrogen-bond acceptors (Lipinski definition) is 8. The summed E-state index contributed by atoms with van der Waals surface area (Å²) in [7, 11) is -2.41. The van der Waals surface area contributed by atoms with E-state index < -0.39 is 45.0 Å². The van der Waals surface area contributed by atoms with Crippen LogP contribution < -0.4 is 24.9 Å². The first-order valence-electron chi connectivity index (χ1n) is 16.4. The fraction of sp³-hybridized carbons (Fsp3) is 0.237. The topological polar surface area (TPSA) is 142 Å². The number of pyridine rings is 1. The minimum atomic E-state index is -4.10. The van der Waals surface area contributed by atoms with Gasteiger partial charge in [0.1, 0.15) is 25.0 Å². The van der Waals surface area contributed by atoms with E-state index in [9.17, 15) is 31.6 Å². The molecule has 0 aliphatic heterocycles. The van der Waals surface area contributed by atoms with Crippen LogP contribution in [0.5, 0.6) is 11.5 Å². The smallest absolute Gasteiger partial charge is 0.326 e. The molecule has 1 unspecified atom stereocenters. The van der Waals surface area contributed by atoms with Crippen molar-refractivity contribution in [3.05, 3.63) is 123 Å². The number of benzene rings is 4. The maximum absolute atomic E-state index is 14.2. The van der Waals surface area contributed by atoms with Gasteiger partial charge in [-0.15, -0.1) is 0 Å². The highest BCUT2D eigenvalue weighted by molar-refractivity contribution is 7.89. The van der Waals surface area contributed by atoms with Crippen molar-refractivity contribution in [1.82, 2.24) is 14.6 Å². The summed E-state index contributed by atoms with van der Waals surface area (Å²) in [5.74, 6) is -3.27. The van der Waals surface area contributed by atoms with Crippen LogP contribution in [0.3, 0.4) is 0 Å². The van der Waals surface area contributed by atoms with E-state index in [1.807, 2.05) is 6.92 Å². The van der Waals surface area contributed by atoms with Crippen molar-refractivity contribution in [2.24, 2.45) is 7.05 Å². The van der Waals surface area contributed by atoms with E-state index >= 15 is 0 Å². The number of nitrogens with one attached hydrogen (secondary N) is 2. The van der Waals surface area contributed by atoms with Crippen LogP contribution in [0.4, 0.5) is 8.78 Å². The number of carbonyl (C=O) groups excluding carboxylic acids is 2. The molecule has 2 N–H and O–H groups in total. The Labute approximate surface area is 309 Å². The zero-order chi connectivity index (χ0) is 38.3. The average molecular weight is 768 g/mol. The molecule has 0 bridgehead atoms. The van der Waals surface area contributed by atoms with Crippen LogP contribution in [0.15, 0.2) is 94.6 Å². The summed E-state index contributed by atoms with van der Waals surface area (Å²) in [5.41, 5.74) is 1.99. The van der Waals surface area contributed by atoms with Crippen LogP contribution in [0.2, 0.25) is 5.02 Å². The predicted molar refractivity (Wildman–Crippen MR) is 196 cm³/mol. The number of aromatic nitrogens is 1. The molecule has 0 aliphatic rings. The number of fused-ring (bicyclic) bond motifs is 1. The van der Waals surface area contributed by atoms with Gasteiger partial charge in [0, 0.05) is 24.5 Å². The molecule has 278 valence electrons. The van der Waals surface area contributed by atoms with Crippen LogP contribution in [0, 0.1) is 18.6 Å². The maximum Gasteiger partial charge on any atom is 0.326 e. The first-order chi connectivity index (χ1) is 25.3. The van der Waals surface area contributed by atoms with E-state index in [-0.39, 0.29) is 65.5 Å². The molecule has 1 amide bonds. The Morgan fingerprint density at radius 1 is 0.925 bits per heavy atom. The van der Waals surface area contributed by atoms with Crippen molar-refractivity contribution in [3.63, 3.8) is 0 Å². The lowest BCUT2D eigenvalue weighted by Crippen LogP contribution is -2.49. The van der Waals surface area contributed by atoms with E-state index in [0.717, 1.165) is 17.7 Å². The molecular formula is C38H36ClF2N3O8S. The molecule has 11 nitrogen and oxygen atoms in total. The fourth-order valence-electron chi connectivity index (χ4n) is 5.48. The number of sulfonamides is 1. The zero-order valence-corrected chi connectivity index (χ0v) is 30.5. The van der Waals surface area contributed by atoms with Crippen molar-refractivity contribution < 1.29 is 41.0 Å². The monoisotopic (exact) mass is 767 g/mol. The lowest BCUT2D eigenvalue weighted by atomic mass is 10.1. The molecule has 4 aromatic carbocycles. The van der Waals surface area contributed by atoms with Gasteiger partial charge in [0.05, 0.1) is 34.2 Å². The largest absolute Gasteiger partial charge is 0.488 e. The number of rotatable bonds is 15. The van der Waals surface area contributed by atoms with E-state index in [1.165, 1.54) is 24.3 Å². The average Bonchev–Trinajstić information content (AvgIpc) is 3.12. The number of carbonyl (C=O) groups is 2. The maximum atomic E-state index is 14.2. The molecule has 0 fully saturated rings. The van der Waals surface area contributed by atoms with Gasteiger partial charge in [-0.05, 0) is 74.0 Å². The quantitative estimate of drug-likeness (QED) is 0.106. The second-order valence-electron chi connectivity index (χ2n) is 11.9. The van der Waals surface area contributed by atoms with Crippen LogP contribution in [0.25, 0.3) is 22.2 Å². The number of esters is 1. The summed E-state index contributed by atoms with van der Waals surface area (Å²) < 4.78 is 74.4. The third-order valence-corrected chi connectivity index (χ3v) is 9.89. The van der Waals surface area contributed by atoms with Crippen molar-refractivity contribution in [2.75, 3.05) is 26.4 Å². The van der Waals surface area contributed by atoms with Gasteiger partial charge in [0.15, 0.2) is 17.4 Å². The highest BCUT2D eigenvalue weighted by Gasteiger charge is 2.27.